The molecule has 3 aromatic rings. The molecular formula is C17H12BrF3O. The van der Waals surface area contributed by atoms with Gasteiger partial charge in [0.25, 0.3) is 0 Å². The number of halogens is 4. The van der Waals surface area contributed by atoms with E-state index in [1.54, 1.807) is 6.07 Å². The second-order valence-corrected chi connectivity index (χ2v) is 5.76. The molecule has 0 aliphatic heterocycles. The van der Waals surface area contributed by atoms with Gasteiger partial charge in [-0.25, -0.2) is 0 Å². The van der Waals surface area contributed by atoms with Crippen molar-refractivity contribution in [2.45, 2.75) is 12.3 Å². The molecule has 0 fully saturated rings. The summed E-state index contributed by atoms with van der Waals surface area (Å²) < 4.78 is 38.7. The maximum absolute atomic E-state index is 12.9. The van der Waals surface area contributed by atoms with Crippen LogP contribution in [0.4, 0.5) is 13.2 Å². The minimum absolute atomic E-state index is 0.321. The minimum Gasteiger partial charge on any atom is -0.388 e. The van der Waals surface area contributed by atoms with Crippen molar-refractivity contribution in [3.63, 3.8) is 0 Å². The first kappa shape index (κ1) is 15.3. The Morgan fingerprint density at radius 3 is 2.27 bits per heavy atom. The van der Waals surface area contributed by atoms with Crippen LogP contribution in [0.5, 0.6) is 0 Å². The molecule has 3 aromatic carbocycles. The first-order valence-corrected chi connectivity index (χ1v) is 7.80. The Morgan fingerprint density at radius 1 is 0.955 bits per heavy atom. The molecule has 0 aliphatic rings. The third-order valence-electron chi connectivity index (χ3n) is 3.72. The van der Waals surface area contributed by atoms with Crippen LogP contribution in [0.2, 0.25) is 0 Å². The van der Waals surface area contributed by atoms with Crippen molar-refractivity contribution in [2.24, 2.45) is 0 Å². The number of hydrogen-bond donors (Lipinski definition) is 1. The Morgan fingerprint density at radius 2 is 1.64 bits per heavy atom. The van der Waals surface area contributed by atoms with Gasteiger partial charge in [0.05, 0.1) is 11.7 Å². The molecule has 5 heteroatoms. The van der Waals surface area contributed by atoms with Gasteiger partial charge in [-0.2, -0.15) is 13.2 Å². The van der Waals surface area contributed by atoms with E-state index in [1.807, 2.05) is 24.3 Å². The van der Waals surface area contributed by atoms with E-state index in [1.165, 1.54) is 6.07 Å². The monoisotopic (exact) mass is 368 g/mol. The number of fused-ring (bicyclic) bond motifs is 3. The number of rotatable bonds is 2. The summed E-state index contributed by atoms with van der Waals surface area (Å²) in [5.74, 6) is 0. The van der Waals surface area contributed by atoms with Crippen LogP contribution in [0.25, 0.3) is 21.5 Å². The second kappa shape index (κ2) is 5.56. The van der Waals surface area contributed by atoms with E-state index in [-0.39, 0.29) is 0 Å². The molecule has 0 unspecified atom stereocenters. The first-order chi connectivity index (χ1) is 10.4. The third kappa shape index (κ3) is 2.59. The first-order valence-electron chi connectivity index (χ1n) is 6.68. The second-order valence-electron chi connectivity index (χ2n) is 5.12. The van der Waals surface area contributed by atoms with Gasteiger partial charge >= 0.3 is 6.18 Å². The van der Waals surface area contributed by atoms with Crippen LogP contribution < -0.4 is 0 Å². The average molecular weight is 369 g/mol. The molecule has 0 heterocycles. The standard InChI is InChI=1S/C17H12BrF3O/c18-9-16(22)15-8-10-7-11(17(19,20)21)5-6-12(10)13-3-1-2-4-14(13)15/h1-8,16,22H,9H2/t16-/m0/s1. The average Bonchev–Trinajstić information content (AvgIpc) is 2.52. The predicted molar refractivity (Wildman–Crippen MR) is 85.2 cm³/mol. The van der Waals surface area contributed by atoms with Crippen LogP contribution in [0.3, 0.4) is 0 Å². The Labute approximate surface area is 133 Å². The van der Waals surface area contributed by atoms with Gasteiger partial charge in [0, 0.05) is 5.33 Å². The molecular weight excluding hydrogens is 357 g/mol. The Hall–Kier alpha value is -1.59. The van der Waals surface area contributed by atoms with Crippen LogP contribution in [-0.2, 0) is 6.18 Å². The van der Waals surface area contributed by atoms with Crippen molar-refractivity contribution < 1.29 is 18.3 Å². The third-order valence-corrected chi connectivity index (χ3v) is 4.34. The summed E-state index contributed by atoms with van der Waals surface area (Å²) in [5.41, 5.74) is -0.0612. The van der Waals surface area contributed by atoms with Crippen molar-refractivity contribution >= 4 is 37.5 Å². The zero-order valence-corrected chi connectivity index (χ0v) is 12.9. The van der Waals surface area contributed by atoms with E-state index in [4.69, 9.17) is 0 Å². The molecule has 1 N–H and O–H groups in total. The van der Waals surface area contributed by atoms with Crippen molar-refractivity contribution in [3.05, 3.63) is 59.7 Å². The molecule has 0 spiro atoms. The van der Waals surface area contributed by atoms with Crippen LogP contribution in [0.15, 0.2) is 48.5 Å². The lowest BCUT2D eigenvalue weighted by Crippen LogP contribution is -2.05. The SMILES string of the molecule is O[C@@H](CBr)c1cc2cc(C(F)(F)F)ccc2c2ccccc12. The number of alkyl halides is 4. The van der Waals surface area contributed by atoms with Gasteiger partial charge in [0.15, 0.2) is 0 Å². The number of aliphatic hydroxyl groups is 1. The van der Waals surface area contributed by atoms with Crippen molar-refractivity contribution in [2.75, 3.05) is 5.33 Å². The lowest BCUT2D eigenvalue weighted by atomic mass is 9.94. The molecule has 0 radical (unpaired) electrons. The zero-order chi connectivity index (χ0) is 15.9. The van der Waals surface area contributed by atoms with E-state index in [2.05, 4.69) is 15.9 Å². The van der Waals surface area contributed by atoms with E-state index < -0.39 is 17.8 Å². The highest BCUT2D eigenvalue weighted by Gasteiger charge is 2.30. The maximum atomic E-state index is 12.9. The summed E-state index contributed by atoms with van der Waals surface area (Å²) in [4.78, 5) is 0. The number of aliphatic hydroxyl groups excluding tert-OH is 1. The van der Waals surface area contributed by atoms with Gasteiger partial charge in [-0.15, -0.1) is 0 Å². The van der Waals surface area contributed by atoms with Crippen LogP contribution in [0.1, 0.15) is 17.2 Å². The van der Waals surface area contributed by atoms with Crippen LogP contribution in [-0.4, -0.2) is 10.4 Å². The topological polar surface area (TPSA) is 20.2 Å². The smallest absolute Gasteiger partial charge is 0.388 e. The van der Waals surface area contributed by atoms with Crippen molar-refractivity contribution in [1.82, 2.24) is 0 Å². The molecule has 3 rings (SSSR count). The Kier molecular flexibility index (Phi) is 3.87. The molecule has 0 saturated carbocycles. The molecule has 114 valence electrons. The van der Waals surface area contributed by atoms with Gasteiger partial charge in [-0.05, 0) is 45.3 Å². The fraction of sp³-hybridized carbons (Fsp3) is 0.176. The van der Waals surface area contributed by atoms with Crippen LogP contribution >= 0.6 is 15.9 Å². The highest BCUT2D eigenvalue weighted by Crippen LogP contribution is 2.36. The summed E-state index contributed by atoms with van der Waals surface area (Å²) in [6.45, 7) is 0. The predicted octanol–water partition coefficient (Wildman–Crippen LogP) is 5.44. The molecule has 0 aliphatic carbocycles. The molecule has 22 heavy (non-hydrogen) atoms. The largest absolute Gasteiger partial charge is 0.416 e. The quantitative estimate of drug-likeness (QED) is 0.471. The summed E-state index contributed by atoms with van der Waals surface area (Å²) in [5, 5.41) is 13.4. The van der Waals surface area contributed by atoms with E-state index in [0.29, 0.717) is 16.3 Å². The molecule has 0 bridgehead atoms. The highest BCUT2D eigenvalue weighted by molar-refractivity contribution is 9.09. The van der Waals surface area contributed by atoms with E-state index in [9.17, 15) is 18.3 Å². The lowest BCUT2D eigenvalue weighted by Gasteiger charge is -2.15. The maximum Gasteiger partial charge on any atom is 0.416 e. The molecule has 0 aromatic heterocycles. The van der Waals surface area contributed by atoms with Gasteiger partial charge in [-0.1, -0.05) is 46.3 Å². The number of benzene rings is 3. The molecule has 0 amide bonds. The molecule has 1 nitrogen and oxygen atoms in total. The van der Waals surface area contributed by atoms with Crippen molar-refractivity contribution in [3.8, 4) is 0 Å². The van der Waals surface area contributed by atoms with Gasteiger partial charge in [0.2, 0.25) is 0 Å². The number of hydrogen-bond acceptors (Lipinski definition) is 1. The Bertz CT molecular complexity index is 842. The fourth-order valence-corrected chi connectivity index (χ4v) is 3.03. The van der Waals surface area contributed by atoms with Gasteiger partial charge < -0.3 is 5.11 Å². The van der Waals surface area contributed by atoms with Crippen LogP contribution in [0, 0.1) is 0 Å². The van der Waals surface area contributed by atoms with E-state index in [0.717, 1.165) is 28.3 Å². The Balaban J connectivity index is 2.38. The molecule has 1 atom stereocenters. The van der Waals surface area contributed by atoms with Gasteiger partial charge in [-0.3, -0.25) is 0 Å². The summed E-state index contributed by atoms with van der Waals surface area (Å²) >= 11 is 3.22. The van der Waals surface area contributed by atoms with Gasteiger partial charge in [0.1, 0.15) is 0 Å². The summed E-state index contributed by atoms with van der Waals surface area (Å²) in [7, 11) is 0. The van der Waals surface area contributed by atoms with E-state index >= 15 is 0 Å². The van der Waals surface area contributed by atoms with Crippen molar-refractivity contribution in [1.29, 1.82) is 0 Å². The summed E-state index contributed by atoms with van der Waals surface area (Å²) in [6.07, 6.45) is -5.16. The minimum atomic E-state index is -4.38. The zero-order valence-electron chi connectivity index (χ0n) is 11.4. The highest BCUT2D eigenvalue weighted by atomic mass is 79.9. The molecule has 0 saturated heterocycles. The summed E-state index contributed by atoms with van der Waals surface area (Å²) in [6, 6.07) is 12.8. The lowest BCUT2D eigenvalue weighted by molar-refractivity contribution is -0.137. The normalized spacial score (nSPS) is 13.7. The fourth-order valence-electron chi connectivity index (χ4n) is 2.68.